The van der Waals surface area contributed by atoms with Gasteiger partial charge in [0.2, 0.25) is 5.88 Å². The quantitative estimate of drug-likeness (QED) is 0.752. The van der Waals surface area contributed by atoms with Gasteiger partial charge >= 0.3 is 0 Å². The molecule has 0 aliphatic rings. The maximum Gasteiger partial charge on any atom is 0.230 e. The average molecular weight is 309 g/mol. The van der Waals surface area contributed by atoms with Gasteiger partial charge in [-0.3, -0.25) is 0 Å². The Morgan fingerprint density at radius 2 is 2.10 bits per heavy atom. The van der Waals surface area contributed by atoms with E-state index in [9.17, 15) is 0 Å². The highest BCUT2D eigenvalue weighted by Gasteiger charge is 2.19. The average Bonchev–Trinajstić information content (AvgIpc) is 2.84. The number of benzene rings is 1. The Kier molecular flexibility index (Phi) is 5.51. The summed E-state index contributed by atoms with van der Waals surface area (Å²) in [5, 5.41) is 4.72. The van der Waals surface area contributed by atoms with Crippen molar-refractivity contribution >= 4 is 17.5 Å². The molecule has 0 aliphatic carbocycles. The Morgan fingerprint density at radius 3 is 2.81 bits per heavy atom. The number of methoxy groups -OCH3 is 1. The molecule has 0 fully saturated rings. The van der Waals surface area contributed by atoms with Gasteiger partial charge in [-0.15, -0.1) is 0 Å². The minimum absolute atomic E-state index is 0.307. The minimum Gasteiger partial charge on any atom is -0.496 e. The number of nitrogen functional groups attached to an aromatic ring is 1. The van der Waals surface area contributed by atoms with Crippen molar-refractivity contribution in [3.8, 4) is 16.9 Å². The van der Waals surface area contributed by atoms with E-state index in [0.717, 1.165) is 29.7 Å². The van der Waals surface area contributed by atoms with Gasteiger partial charge in [0, 0.05) is 10.6 Å². The summed E-state index contributed by atoms with van der Waals surface area (Å²) >= 11 is 6.09. The number of unbranched alkanes of at least 4 members (excludes halogenated alkanes) is 3. The summed E-state index contributed by atoms with van der Waals surface area (Å²) in [6.45, 7) is 2.19. The fourth-order valence-electron chi connectivity index (χ4n) is 2.39. The van der Waals surface area contributed by atoms with E-state index in [4.69, 9.17) is 26.6 Å². The van der Waals surface area contributed by atoms with Crippen LogP contribution in [0, 0.1) is 0 Å². The largest absolute Gasteiger partial charge is 0.496 e. The second kappa shape index (κ2) is 7.36. The van der Waals surface area contributed by atoms with Crippen LogP contribution in [0.1, 0.15) is 38.3 Å². The molecule has 1 aromatic carbocycles. The molecule has 0 spiro atoms. The van der Waals surface area contributed by atoms with Crippen LogP contribution < -0.4 is 10.5 Å². The number of halogens is 1. The van der Waals surface area contributed by atoms with Gasteiger partial charge in [0.15, 0.2) is 0 Å². The van der Waals surface area contributed by atoms with Crippen LogP contribution in [-0.4, -0.2) is 12.3 Å². The van der Waals surface area contributed by atoms with Crippen molar-refractivity contribution in [1.82, 2.24) is 5.16 Å². The second-order valence-electron chi connectivity index (χ2n) is 5.02. The third-order valence-corrected chi connectivity index (χ3v) is 3.72. The molecule has 0 saturated heterocycles. The minimum atomic E-state index is 0.307. The summed E-state index contributed by atoms with van der Waals surface area (Å²) in [6.07, 6.45) is 5.51. The number of aryl methyl sites for hydroxylation is 1. The number of nitrogens with two attached hydrogens (primary N) is 1. The third-order valence-electron chi connectivity index (χ3n) is 3.49. The van der Waals surface area contributed by atoms with Crippen molar-refractivity contribution in [1.29, 1.82) is 0 Å². The lowest BCUT2D eigenvalue weighted by Gasteiger charge is -2.09. The third kappa shape index (κ3) is 3.70. The topological polar surface area (TPSA) is 61.3 Å². The first-order chi connectivity index (χ1) is 10.2. The number of rotatable bonds is 7. The van der Waals surface area contributed by atoms with E-state index in [1.54, 1.807) is 13.2 Å². The molecule has 0 radical (unpaired) electrons. The first-order valence-electron chi connectivity index (χ1n) is 7.25. The summed E-state index contributed by atoms with van der Waals surface area (Å²) in [5.41, 5.74) is 8.44. The molecule has 4 nitrogen and oxygen atoms in total. The Balaban J connectivity index is 2.31. The first-order valence-corrected chi connectivity index (χ1v) is 7.63. The number of anilines is 1. The van der Waals surface area contributed by atoms with Gasteiger partial charge in [0.1, 0.15) is 5.75 Å². The van der Waals surface area contributed by atoms with Gasteiger partial charge < -0.3 is 15.0 Å². The number of ether oxygens (including phenoxy) is 1. The van der Waals surface area contributed by atoms with Crippen LogP contribution in [0.25, 0.3) is 11.1 Å². The molecule has 0 amide bonds. The summed E-state index contributed by atoms with van der Waals surface area (Å²) in [6, 6.07) is 5.44. The van der Waals surface area contributed by atoms with Crippen molar-refractivity contribution in [2.45, 2.75) is 39.0 Å². The van der Waals surface area contributed by atoms with Crippen molar-refractivity contribution < 1.29 is 9.26 Å². The zero-order valence-electron chi connectivity index (χ0n) is 12.5. The standard InChI is InChI=1S/C16H21ClN2O2/c1-3-4-5-6-7-13-15(16(18)21-19-13)12-10-11(17)8-9-14(12)20-2/h8-10H,3-7,18H2,1-2H3. The number of hydrogen-bond acceptors (Lipinski definition) is 4. The van der Waals surface area contributed by atoms with E-state index in [2.05, 4.69) is 12.1 Å². The highest BCUT2D eigenvalue weighted by atomic mass is 35.5. The number of aromatic nitrogens is 1. The molecule has 0 atom stereocenters. The Morgan fingerprint density at radius 1 is 1.29 bits per heavy atom. The molecule has 0 saturated carbocycles. The van der Waals surface area contributed by atoms with Crippen molar-refractivity contribution in [3.63, 3.8) is 0 Å². The van der Waals surface area contributed by atoms with Crippen LogP contribution in [0.15, 0.2) is 22.7 Å². The van der Waals surface area contributed by atoms with Crippen LogP contribution in [0.5, 0.6) is 5.75 Å². The lowest BCUT2D eigenvalue weighted by molar-refractivity contribution is 0.416. The van der Waals surface area contributed by atoms with Gasteiger partial charge in [-0.1, -0.05) is 42.9 Å². The van der Waals surface area contributed by atoms with E-state index in [1.807, 2.05) is 12.1 Å². The zero-order chi connectivity index (χ0) is 15.2. The zero-order valence-corrected chi connectivity index (χ0v) is 13.2. The molecule has 5 heteroatoms. The fraction of sp³-hybridized carbons (Fsp3) is 0.438. The van der Waals surface area contributed by atoms with E-state index in [1.165, 1.54) is 19.3 Å². The van der Waals surface area contributed by atoms with E-state index >= 15 is 0 Å². The van der Waals surface area contributed by atoms with Gasteiger partial charge in [-0.05, 0) is 31.0 Å². The maximum absolute atomic E-state index is 6.09. The Bertz CT molecular complexity index is 596. The monoisotopic (exact) mass is 308 g/mol. The summed E-state index contributed by atoms with van der Waals surface area (Å²) in [4.78, 5) is 0. The molecule has 2 aromatic rings. The second-order valence-corrected chi connectivity index (χ2v) is 5.46. The van der Waals surface area contributed by atoms with Crippen molar-refractivity contribution in [2.24, 2.45) is 0 Å². The lowest BCUT2D eigenvalue weighted by atomic mass is 10.0. The molecule has 1 aromatic heterocycles. The molecule has 2 N–H and O–H groups in total. The molecule has 114 valence electrons. The molecule has 0 unspecified atom stereocenters. The molecular weight excluding hydrogens is 288 g/mol. The molecule has 0 bridgehead atoms. The molecular formula is C16H21ClN2O2. The molecule has 21 heavy (non-hydrogen) atoms. The maximum atomic E-state index is 6.09. The predicted molar refractivity (Wildman–Crippen MR) is 85.8 cm³/mol. The smallest absolute Gasteiger partial charge is 0.230 e. The predicted octanol–water partition coefficient (Wildman–Crippen LogP) is 4.71. The highest BCUT2D eigenvalue weighted by molar-refractivity contribution is 6.31. The van der Waals surface area contributed by atoms with Crippen molar-refractivity contribution in [2.75, 3.05) is 12.8 Å². The van der Waals surface area contributed by atoms with Gasteiger partial charge in [-0.25, -0.2) is 0 Å². The van der Waals surface area contributed by atoms with E-state index in [0.29, 0.717) is 16.7 Å². The van der Waals surface area contributed by atoms with Crippen LogP contribution in [0.4, 0.5) is 5.88 Å². The first kappa shape index (κ1) is 15.7. The Hall–Kier alpha value is -1.68. The summed E-state index contributed by atoms with van der Waals surface area (Å²) < 4.78 is 10.6. The van der Waals surface area contributed by atoms with E-state index in [-0.39, 0.29) is 0 Å². The molecule has 2 rings (SSSR count). The van der Waals surface area contributed by atoms with Crippen LogP contribution in [0.2, 0.25) is 5.02 Å². The highest BCUT2D eigenvalue weighted by Crippen LogP contribution is 2.38. The summed E-state index contributed by atoms with van der Waals surface area (Å²) in [7, 11) is 1.62. The normalized spacial score (nSPS) is 10.8. The van der Waals surface area contributed by atoms with E-state index < -0.39 is 0 Å². The Labute approximate surface area is 130 Å². The van der Waals surface area contributed by atoms with Gasteiger partial charge in [0.05, 0.1) is 18.4 Å². The van der Waals surface area contributed by atoms with Crippen LogP contribution in [-0.2, 0) is 6.42 Å². The van der Waals surface area contributed by atoms with Gasteiger partial charge in [0.25, 0.3) is 0 Å². The molecule has 0 aliphatic heterocycles. The number of nitrogens with zero attached hydrogens (tertiary/aromatic N) is 1. The SMILES string of the molecule is CCCCCCc1noc(N)c1-c1cc(Cl)ccc1OC. The lowest BCUT2D eigenvalue weighted by Crippen LogP contribution is -1.95. The molecule has 1 heterocycles. The van der Waals surface area contributed by atoms with Gasteiger partial charge in [-0.2, -0.15) is 0 Å². The van der Waals surface area contributed by atoms with Crippen molar-refractivity contribution in [3.05, 3.63) is 28.9 Å². The van der Waals surface area contributed by atoms with Crippen LogP contribution >= 0.6 is 11.6 Å². The van der Waals surface area contributed by atoms with Crippen LogP contribution in [0.3, 0.4) is 0 Å². The number of hydrogen-bond donors (Lipinski definition) is 1. The fourth-order valence-corrected chi connectivity index (χ4v) is 2.56. The summed E-state index contributed by atoms with van der Waals surface area (Å²) in [5.74, 6) is 1.02.